The third-order valence-electron chi connectivity index (χ3n) is 3.12. The molecule has 1 aliphatic heterocycles. The maximum absolute atomic E-state index is 5.64. The maximum Gasteiger partial charge on any atom is 0.119 e. The predicted molar refractivity (Wildman–Crippen MR) is 79.0 cm³/mol. The maximum atomic E-state index is 5.64. The molecule has 1 saturated heterocycles. The van der Waals surface area contributed by atoms with E-state index in [0.29, 0.717) is 19.1 Å². The van der Waals surface area contributed by atoms with Gasteiger partial charge >= 0.3 is 0 Å². The predicted octanol–water partition coefficient (Wildman–Crippen LogP) is 2.23. The van der Waals surface area contributed by atoms with Crippen LogP contribution < -0.4 is 10.1 Å². The molecule has 112 valence electrons. The highest BCUT2D eigenvalue weighted by Gasteiger charge is 2.18. The van der Waals surface area contributed by atoms with Crippen LogP contribution in [0.15, 0.2) is 24.3 Å². The van der Waals surface area contributed by atoms with Crippen molar-refractivity contribution in [3.8, 4) is 5.75 Å². The van der Waals surface area contributed by atoms with E-state index in [-0.39, 0.29) is 6.10 Å². The molecule has 1 fully saturated rings. The van der Waals surface area contributed by atoms with E-state index >= 15 is 0 Å². The third kappa shape index (κ3) is 5.49. The summed E-state index contributed by atoms with van der Waals surface area (Å²) in [5.41, 5.74) is 1.28. The summed E-state index contributed by atoms with van der Waals surface area (Å²) in [5.74, 6) is 1.57. The van der Waals surface area contributed by atoms with Crippen LogP contribution in [0.3, 0.4) is 0 Å². The fourth-order valence-corrected chi connectivity index (χ4v) is 1.89. The molecule has 0 radical (unpaired) electrons. The second kappa shape index (κ2) is 8.25. The van der Waals surface area contributed by atoms with Gasteiger partial charge in [-0.25, -0.2) is 0 Å². The molecule has 4 nitrogen and oxygen atoms in total. The smallest absolute Gasteiger partial charge is 0.119 e. The molecule has 1 heterocycles. The van der Waals surface area contributed by atoms with Crippen molar-refractivity contribution in [2.45, 2.75) is 26.5 Å². The number of benzene rings is 1. The molecule has 0 saturated carbocycles. The van der Waals surface area contributed by atoms with Crippen LogP contribution in [0.5, 0.6) is 5.75 Å². The highest BCUT2D eigenvalue weighted by Crippen LogP contribution is 2.12. The average Bonchev–Trinajstić information content (AvgIpc) is 2.38. The molecule has 1 aliphatic rings. The molecule has 1 N–H and O–H groups in total. The van der Waals surface area contributed by atoms with Crippen LogP contribution in [0.1, 0.15) is 19.4 Å². The van der Waals surface area contributed by atoms with E-state index < -0.39 is 0 Å². The Bertz CT molecular complexity index is 374. The lowest BCUT2D eigenvalue weighted by molar-refractivity contribution is -0.132. The van der Waals surface area contributed by atoms with Crippen molar-refractivity contribution in [1.29, 1.82) is 0 Å². The van der Waals surface area contributed by atoms with Crippen molar-refractivity contribution in [1.82, 2.24) is 5.32 Å². The van der Waals surface area contributed by atoms with E-state index in [1.54, 1.807) is 0 Å². The molecule has 1 aromatic carbocycles. The van der Waals surface area contributed by atoms with Crippen molar-refractivity contribution < 1.29 is 14.2 Å². The molecule has 0 aromatic heterocycles. The molecule has 0 aliphatic carbocycles. The Kier molecular flexibility index (Phi) is 6.30. The molecule has 0 unspecified atom stereocenters. The summed E-state index contributed by atoms with van der Waals surface area (Å²) in [6.07, 6.45) is 0.271. The molecular formula is C16H25NO3. The Balaban J connectivity index is 1.60. The van der Waals surface area contributed by atoms with Gasteiger partial charge in [0.2, 0.25) is 0 Å². The molecule has 4 heteroatoms. The van der Waals surface area contributed by atoms with Crippen molar-refractivity contribution in [2.24, 2.45) is 5.92 Å². The highest BCUT2D eigenvalue weighted by atomic mass is 16.6. The summed E-state index contributed by atoms with van der Waals surface area (Å²) in [4.78, 5) is 0. The van der Waals surface area contributed by atoms with Gasteiger partial charge in [-0.3, -0.25) is 0 Å². The summed E-state index contributed by atoms with van der Waals surface area (Å²) in [5, 5.41) is 3.43. The van der Waals surface area contributed by atoms with Gasteiger partial charge in [0, 0.05) is 6.54 Å². The molecule has 0 spiro atoms. The SMILES string of the molecule is CC(C)CNCc1ccc(OCCOC2COC2)cc1. The second-order valence-corrected chi connectivity index (χ2v) is 5.55. The van der Waals surface area contributed by atoms with Crippen molar-refractivity contribution >= 4 is 0 Å². The van der Waals surface area contributed by atoms with Gasteiger partial charge in [0.15, 0.2) is 0 Å². The van der Waals surface area contributed by atoms with E-state index in [0.717, 1.165) is 32.1 Å². The van der Waals surface area contributed by atoms with Gasteiger partial charge in [0.05, 0.1) is 19.8 Å². The Morgan fingerprint density at radius 3 is 2.55 bits per heavy atom. The first-order chi connectivity index (χ1) is 9.74. The van der Waals surface area contributed by atoms with Gasteiger partial charge in [-0.1, -0.05) is 26.0 Å². The van der Waals surface area contributed by atoms with E-state index in [4.69, 9.17) is 14.2 Å². The second-order valence-electron chi connectivity index (χ2n) is 5.55. The van der Waals surface area contributed by atoms with Crippen LogP contribution in [0.2, 0.25) is 0 Å². The Morgan fingerprint density at radius 1 is 1.20 bits per heavy atom. The summed E-state index contributed by atoms with van der Waals surface area (Å²) < 4.78 is 16.2. The normalized spacial score (nSPS) is 15.3. The zero-order chi connectivity index (χ0) is 14.2. The van der Waals surface area contributed by atoms with Crippen LogP contribution >= 0.6 is 0 Å². The van der Waals surface area contributed by atoms with Gasteiger partial charge < -0.3 is 19.5 Å². The first kappa shape index (κ1) is 15.3. The number of rotatable bonds is 9. The summed E-state index contributed by atoms with van der Waals surface area (Å²) >= 11 is 0. The molecule has 20 heavy (non-hydrogen) atoms. The van der Waals surface area contributed by atoms with Crippen LogP contribution in [-0.4, -0.2) is 39.1 Å². The minimum Gasteiger partial charge on any atom is -0.491 e. The minimum atomic E-state index is 0.271. The quantitative estimate of drug-likeness (QED) is 0.704. The largest absolute Gasteiger partial charge is 0.491 e. The summed E-state index contributed by atoms with van der Waals surface area (Å²) in [7, 11) is 0. The topological polar surface area (TPSA) is 39.7 Å². The van der Waals surface area contributed by atoms with Gasteiger partial charge in [0.1, 0.15) is 18.5 Å². The number of nitrogens with one attached hydrogen (secondary N) is 1. The molecule has 1 aromatic rings. The molecular weight excluding hydrogens is 254 g/mol. The van der Waals surface area contributed by atoms with E-state index in [1.165, 1.54) is 5.56 Å². The Hall–Kier alpha value is -1.10. The fourth-order valence-electron chi connectivity index (χ4n) is 1.89. The monoisotopic (exact) mass is 279 g/mol. The summed E-state index contributed by atoms with van der Waals surface area (Å²) in [6.45, 7) is 9.01. The van der Waals surface area contributed by atoms with Gasteiger partial charge in [-0.2, -0.15) is 0 Å². The standard InChI is InChI=1S/C16H25NO3/c1-13(2)9-17-10-14-3-5-15(6-4-14)19-7-8-20-16-11-18-12-16/h3-6,13,16-17H,7-12H2,1-2H3. The van der Waals surface area contributed by atoms with Crippen molar-refractivity contribution in [3.63, 3.8) is 0 Å². The molecule has 0 amide bonds. The first-order valence-electron chi connectivity index (χ1n) is 7.36. The first-order valence-corrected chi connectivity index (χ1v) is 7.36. The minimum absolute atomic E-state index is 0.271. The van der Waals surface area contributed by atoms with E-state index in [9.17, 15) is 0 Å². The zero-order valence-corrected chi connectivity index (χ0v) is 12.4. The van der Waals surface area contributed by atoms with Gasteiger partial charge in [-0.05, 0) is 30.2 Å². The zero-order valence-electron chi connectivity index (χ0n) is 12.4. The summed E-state index contributed by atoms with van der Waals surface area (Å²) in [6, 6.07) is 8.23. The van der Waals surface area contributed by atoms with Crippen LogP contribution in [0, 0.1) is 5.92 Å². The molecule has 0 atom stereocenters. The lowest BCUT2D eigenvalue weighted by Gasteiger charge is -2.25. The van der Waals surface area contributed by atoms with Crippen molar-refractivity contribution in [2.75, 3.05) is 33.0 Å². The number of ether oxygens (including phenoxy) is 3. The lowest BCUT2D eigenvalue weighted by Crippen LogP contribution is -2.37. The molecule has 2 rings (SSSR count). The van der Waals surface area contributed by atoms with Crippen LogP contribution in [-0.2, 0) is 16.0 Å². The average molecular weight is 279 g/mol. The van der Waals surface area contributed by atoms with E-state index in [1.807, 2.05) is 12.1 Å². The van der Waals surface area contributed by atoms with Crippen LogP contribution in [0.25, 0.3) is 0 Å². The Morgan fingerprint density at radius 2 is 1.95 bits per heavy atom. The highest BCUT2D eigenvalue weighted by molar-refractivity contribution is 5.27. The van der Waals surface area contributed by atoms with Gasteiger partial charge in [-0.15, -0.1) is 0 Å². The van der Waals surface area contributed by atoms with Crippen molar-refractivity contribution in [3.05, 3.63) is 29.8 Å². The van der Waals surface area contributed by atoms with E-state index in [2.05, 4.69) is 31.3 Å². The molecule has 0 bridgehead atoms. The van der Waals surface area contributed by atoms with Crippen LogP contribution in [0.4, 0.5) is 0 Å². The Labute approximate surface area is 121 Å². The number of hydrogen-bond donors (Lipinski definition) is 1. The number of hydrogen-bond acceptors (Lipinski definition) is 4. The van der Waals surface area contributed by atoms with Gasteiger partial charge in [0.25, 0.3) is 0 Å². The lowest BCUT2D eigenvalue weighted by atomic mass is 10.2. The third-order valence-corrected chi connectivity index (χ3v) is 3.12. The fraction of sp³-hybridized carbons (Fsp3) is 0.625.